The van der Waals surface area contributed by atoms with Gasteiger partial charge in [-0.05, 0) is 42.7 Å². The van der Waals surface area contributed by atoms with Crippen LogP contribution < -0.4 is 5.32 Å². The third-order valence-electron chi connectivity index (χ3n) is 6.00. The Labute approximate surface area is 172 Å². The molecule has 6 heteroatoms. The Bertz CT molecular complexity index is 821. The summed E-state index contributed by atoms with van der Waals surface area (Å²) in [7, 11) is 0. The van der Waals surface area contributed by atoms with Gasteiger partial charge < -0.3 is 15.0 Å². The number of carbonyl (C=O) groups is 1. The van der Waals surface area contributed by atoms with Gasteiger partial charge in [-0.1, -0.05) is 37.3 Å². The summed E-state index contributed by atoms with van der Waals surface area (Å²) in [4.78, 5) is 24.2. The molecule has 0 unspecified atom stereocenters. The summed E-state index contributed by atoms with van der Waals surface area (Å²) >= 11 is 0. The maximum absolute atomic E-state index is 12.9. The van der Waals surface area contributed by atoms with Crippen LogP contribution in [0, 0.1) is 5.92 Å². The Morgan fingerprint density at radius 1 is 1.28 bits per heavy atom. The fourth-order valence-electron chi connectivity index (χ4n) is 4.17. The molecule has 1 N–H and O–H groups in total. The second kappa shape index (κ2) is 9.35. The molecule has 1 fully saturated rings. The number of hydrogen-bond donors (Lipinski definition) is 1. The summed E-state index contributed by atoms with van der Waals surface area (Å²) in [6.45, 7) is 5.02. The average molecular weight is 395 g/mol. The Hall–Kier alpha value is -2.47. The predicted molar refractivity (Wildman–Crippen MR) is 111 cm³/mol. The zero-order valence-electron chi connectivity index (χ0n) is 17.1. The van der Waals surface area contributed by atoms with Gasteiger partial charge in [0, 0.05) is 32.4 Å². The highest BCUT2D eigenvalue weighted by Gasteiger charge is 2.25. The van der Waals surface area contributed by atoms with E-state index in [9.17, 15) is 4.79 Å². The van der Waals surface area contributed by atoms with Gasteiger partial charge >= 0.3 is 6.03 Å². The number of fused-ring (bicyclic) bond motifs is 1. The maximum atomic E-state index is 12.9. The van der Waals surface area contributed by atoms with E-state index in [4.69, 9.17) is 9.72 Å². The summed E-state index contributed by atoms with van der Waals surface area (Å²) in [6, 6.07) is 10.2. The normalized spacial score (nSPS) is 18.2. The van der Waals surface area contributed by atoms with E-state index in [0.717, 1.165) is 62.4 Å². The minimum atomic E-state index is -0.0176. The van der Waals surface area contributed by atoms with Gasteiger partial charge in [-0.15, -0.1) is 0 Å². The molecule has 0 aliphatic carbocycles. The Morgan fingerprint density at radius 2 is 2.07 bits per heavy atom. The first-order valence-corrected chi connectivity index (χ1v) is 10.7. The minimum Gasteiger partial charge on any atom is -0.381 e. The maximum Gasteiger partial charge on any atom is 0.318 e. The summed E-state index contributed by atoms with van der Waals surface area (Å²) in [5, 5.41) is 3.19. The molecule has 2 aromatic rings. The summed E-state index contributed by atoms with van der Waals surface area (Å²) in [5.41, 5.74) is 3.30. The van der Waals surface area contributed by atoms with Crippen molar-refractivity contribution in [1.82, 2.24) is 20.2 Å². The molecule has 0 radical (unpaired) electrons. The lowest BCUT2D eigenvalue weighted by atomic mass is 9.96. The van der Waals surface area contributed by atoms with Crippen LogP contribution in [0.5, 0.6) is 0 Å². The van der Waals surface area contributed by atoms with Crippen molar-refractivity contribution in [1.29, 1.82) is 0 Å². The Morgan fingerprint density at radius 3 is 2.83 bits per heavy atom. The molecule has 2 amide bonds. The first-order chi connectivity index (χ1) is 14.2. The van der Waals surface area contributed by atoms with E-state index < -0.39 is 0 Å². The molecular formula is C23H30N4O2. The van der Waals surface area contributed by atoms with Crippen LogP contribution in [0.25, 0.3) is 0 Å². The van der Waals surface area contributed by atoms with Crippen LogP contribution >= 0.6 is 0 Å². The molecule has 0 saturated carbocycles. The number of benzene rings is 1. The first kappa shape index (κ1) is 19.8. The first-order valence-electron chi connectivity index (χ1n) is 10.7. The van der Waals surface area contributed by atoms with Crippen molar-refractivity contribution < 1.29 is 9.53 Å². The average Bonchev–Trinajstić information content (AvgIpc) is 2.78. The topological polar surface area (TPSA) is 67.4 Å². The van der Waals surface area contributed by atoms with Gasteiger partial charge in [0.05, 0.1) is 18.3 Å². The van der Waals surface area contributed by atoms with Gasteiger partial charge in [-0.25, -0.2) is 14.8 Å². The number of aromatic nitrogens is 2. The second-order valence-corrected chi connectivity index (χ2v) is 8.01. The van der Waals surface area contributed by atoms with Crippen molar-refractivity contribution in [3.05, 3.63) is 59.2 Å². The van der Waals surface area contributed by atoms with Crippen molar-refractivity contribution in [3.8, 4) is 0 Å². The SMILES string of the molecule is CC[C@@H](NC(=O)N1CCc2cnc(CC3CCOCC3)nc2C1)c1ccccc1. The molecule has 154 valence electrons. The molecule has 1 atom stereocenters. The number of nitrogens with zero attached hydrogens (tertiary/aromatic N) is 3. The fraction of sp³-hybridized carbons (Fsp3) is 0.522. The third kappa shape index (κ3) is 4.93. The quantitative estimate of drug-likeness (QED) is 0.840. The lowest BCUT2D eigenvalue weighted by molar-refractivity contribution is 0.0659. The summed E-state index contributed by atoms with van der Waals surface area (Å²) in [6.07, 6.45) is 6.68. The molecule has 1 aromatic heterocycles. The number of hydrogen-bond acceptors (Lipinski definition) is 4. The predicted octanol–water partition coefficient (Wildman–Crippen LogP) is 3.66. The number of ether oxygens (including phenoxy) is 1. The van der Waals surface area contributed by atoms with Gasteiger partial charge in [0.25, 0.3) is 0 Å². The molecule has 2 aliphatic rings. The smallest absolute Gasteiger partial charge is 0.318 e. The molecule has 0 spiro atoms. The molecule has 2 aliphatic heterocycles. The number of amides is 2. The number of nitrogens with one attached hydrogen (secondary N) is 1. The zero-order chi connectivity index (χ0) is 20.1. The van der Waals surface area contributed by atoms with E-state index >= 15 is 0 Å². The van der Waals surface area contributed by atoms with Crippen molar-refractivity contribution in [2.45, 2.75) is 51.6 Å². The van der Waals surface area contributed by atoms with Gasteiger partial charge in [0.15, 0.2) is 0 Å². The minimum absolute atomic E-state index is 0.0176. The van der Waals surface area contributed by atoms with Gasteiger partial charge in [-0.3, -0.25) is 0 Å². The van der Waals surface area contributed by atoms with E-state index in [1.165, 1.54) is 5.56 Å². The second-order valence-electron chi connectivity index (χ2n) is 8.01. The van der Waals surface area contributed by atoms with Crippen LogP contribution in [0.3, 0.4) is 0 Å². The van der Waals surface area contributed by atoms with E-state index in [-0.39, 0.29) is 12.1 Å². The molecule has 29 heavy (non-hydrogen) atoms. The van der Waals surface area contributed by atoms with E-state index in [1.807, 2.05) is 29.3 Å². The zero-order valence-corrected chi connectivity index (χ0v) is 17.1. The van der Waals surface area contributed by atoms with E-state index in [2.05, 4.69) is 29.4 Å². The highest BCUT2D eigenvalue weighted by Crippen LogP contribution is 2.22. The standard InChI is InChI=1S/C23H30N4O2/c1-2-20(18-6-4-3-5-7-18)26-23(28)27-11-8-19-15-24-22(25-21(19)16-27)14-17-9-12-29-13-10-17/h3-7,15,17,20H,2,8-14,16H2,1H3,(H,26,28)/t20-/m1/s1. The van der Waals surface area contributed by atoms with Crippen molar-refractivity contribution in [2.75, 3.05) is 19.8 Å². The Kier molecular flexibility index (Phi) is 6.39. The monoisotopic (exact) mass is 394 g/mol. The highest BCUT2D eigenvalue weighted by molar-refractivity contribution is 5.75. The summed E-state index contributed by atoms with van der Waals surface area (Å²) in [5.74, 6) is 1.50. The van der Waals surface area contributed by atoms with Gasteiger partial charge in [0.1, 0.15) is 5.82 Å². The van der Waals surface area contributed by atoms with Crippen molar-refractivity contribution >= 4 is 6.03 Å². The summed E-state index contributed by atoms with van der Waals surface area (Å²) < 4.78 is 5.45. The molecular weight excluding hydrogens is 364 g/mol. The van der Waals surface area contributed by atoms with Crippen molar-refractivity contribution in [3.63, 3.8) is 0 Å². The highest BCUT2D eigenvalue weighted by atomic mass is 16.5. The van der Waals surface area contributed by atoms with Crippen LogP contribution in [0.15, 0.2) is 36.5 Å². The van der Waals surface area contributed by atoms with Crippen LogP contribution in [-0.2, 0) is 24.1 Å². The van der Waals surface area contributed by atoms with E-state index in [1.54, 1.807) is 0 Å². The van der Waals surface area contributed by atoms with Crippen molar-refractivity contribution in [2.24, 2.45) is 5.92 Å². The lowest BCUT2D eigenvalue weighted by Crippen LogP contribution is -2.44. The number of rotatable bonds is 5. The Balaban J connectivity index is 1.40. The molecule has 3 heterocycles. The molecule has 0 bridgehead atoms. The van der Waals surface area contributed by atoms with Crippen LogP contribution in [0.1, 0.15) is 54.9 Å². The van der Waals surface area contributed by atoms with Crippen LogP contribution in [0.4, 0.5) is 4.79 Å². The number of urea groups is 1. The van der Waals surface area contributed by atoms with Gasteiger partial charge in [0.2, 0.25) is 0 Å². The van der Waals surface area contributed by atoms with Gasteiger partial charge in [-0.2, -0.15) is 0 Å². The molecule has 4 rings (SSSR count). The lowest BCUT2D eigenvalue weighted by Gasteiger charge is -2.30. The molecule has 6 nitrogen and oxygen atoms in total. The fourth-order valence-corrected chi connectivity index (χ4v) is 4.17. The largest absolute Gasteiger partial charge is 0.381 e. The third-order valence-corrected chi connectivity index (χ3v) is 6.00. The van der Waals surface area contributed by atoms with Crippen LogP contribution in [-0.4, -0.2) is 40.7 Å². The van der Waals surface area contributed by atoms with E-state index in [0.29, 0.717) is 19.0 Å². The number of carbonyl (C=O) groups excluding carboxylic acids is 1. The molecule has 1 aromatic carbocycles. The van der Waals surface area contributed by atoms with Crippen LogP contribution in [0.2, 0.25) is 0 Å². The molecule has 1 saturated heterocycles.